The summed E-state index contributed by atoms with van der Waals surface area (Å²) in [5.74, 6) is -0.917. The van der Waals surface area contributed by atoms with Gasteiger partial charge in [-0.2, -0.15) is 5.26 Å². The van der Waals surface area contributed by atoms with Gasteiger partial charge in [0.2, 0.25) is 5.91 Å². The van der Waals surface area contributed by atoms with Crippen LogP contribution in [0.3, 0.4) is 0 Å². The maximum atomic E-state index is 12.7. The number of urea groups is 1. The number of carbonyl (C=O) groups excluding carboxylic acids is 2. The fraction of sp³-hybridized carbons (Fsp3) is 0.160. The molecule has 11 heteroatoms. The van der Waals surface area contributed by atoms with Crippen LogP contribution in [0.4, 0.5) is 23.7 Å². The van der Waals surface area contributed by atoms with Gasteiger partial charge < -0.3 is 10.1 Å². The molecule has 0 aliphatic rings. The third-order valence-corrected chi connectivity index (χ3v) is 5.20. The number of halogens is 4. The second-order valence-electron chi connectivity index (χ2n) is 7.61. The summed E-state index contributed by atoms with van der Waals surface area (Å²) in [6.45, 7) is 1.28. The Morgan fingerprint density at radius 3 is 2.31 bits per heavy atom. The number of amides is 3. The Balaban J connectivity index is 1.81. The largest absolute Gasteiger partial charge is 0.573 e. The summed E-state index contributed by atoms with van der Waals surface area (Å²) in [5.41, 5.74) is 4.61. The molecule has 186 valence electrons. The molecule has 0 saturated heterocycles. The number of anilines is 1. The van der Waals surface area contributed by atoms with Crippen molar-refractivity contribution in [2.24, 2.45) is 0 Å². The van der Waals surface area contributed by atoms with E-state index in [1.165, 1.54) is 19.1 Å². The topological polar surface area (TPSA) is 94.5 Å². The molecule has 0 saturated carbocycles. The van der Waals surface area contributed by atoms with Gasteiger partial charge in [-0.1, -0.05) is 35.9 Å². The summed E-state index contributed by atoms with van der Waals surface area (Å²) < 4.78 is 40.8. The molecule has 1 atom stereocenters. The van der Waals surface area contributed by atoms with Gasteiger partial charge in [0, 0.05) is 17.6 Å². The number of nitrogens with one attached hydrogen (secondary N) is 2. The number of nitrogens with zero attached hydrogens (tertiary/aromatic N) is 2. The average molecular weight is 517 g/mol. The minimum absolute atomic E-state index is 0.178. The molecule has 0 heterocycles. The van der Waals surface area contributed by atoms with Gasteiger partial charge in [0.1, 0.15) is 5.75 Å². The zero-order valence-corrected chi connectivity index (χ0v) is 19.6. The number of alkyl halides is 3. The van der Waals surface area contributed by atoms with E-state index in [9.17, 15) is 22.8 Å². The van der Waals surface area contributed by atoms with E-state index in [1.54, 1.807) is 48.5 Å². The predicted molar refractivity (Wildman–Crippen MR) is 127 cm³/mol. The highest BCUT2D eigenvalue weighted by Crippen LogP contribution is 2.27. The fourth-order valence-corrected chi connectivity index (χ4v) is 3.59. The van der Waals surface area contributed by atoms with E-state index >= 15 is 0 Å². The maximum absolute atomic E-state index is 12.7. The molecule has 1 unspecified atom stereocenters. The highest BCUT2D eigenvalue weighted by atomic mass is 35.5. The molecule has 0 bridgehead atoms. The SMILES string of the molecule is CC(=O)N(NC(=O)Nc1ccc(OC(F)(F)F)cc1)C(Cc1ccc(C#N)cc1)c1cccc(Cl)c1. The Kier molecular flexibility index (Phi) is 8.40. The molecule has 3 rings (SSSR count). The van der Waals surface area contributed by atoms with Gasteiger partial charge >= 0.3 is 12.4 Å². The Hall–Kier alpha value is -4.23. The normalized spacial score (nSPS) is 11.7. The fourth-order valence-electron chi connectivity index (χ4n) is 3.40. The predicted octanol–water partition coefficient (Wildman–Crippen LogP) is 5.98. The summed E-state index contributed by atoms with van der Waals surface area (Å²) in [5, 5.41) is 13.1. The molecular weight excluding hydrogens is 497 g/mol. The highest BCUT2D eigenvalue weighted by molar-refractivity contribution is 6.30. The number of benzene rings is 3. The first-order valence-corrected chi connectivity index (χ1v) is 10.9. The van der Waals surface area contributed by atoms with E-state index in [-0.39, 0.29) is 12.1 Å². The summed E-state index contributed by atoms with van der Waals surface area (Å²) in [7, 11) is 0. The van der Waals surface area contributed by atoms with E-state index in [0.717, 1.165) is 22.7 Å². The number of ether oxygens (including phenoxy) is 1. The van der Waals surface area contributed by atoms with Crippen LogP contribution in [-0.2, 0) is 11.2 Å². The van der Waals surface area contributed by atoms with Crippen molar-refractivity contribution < 1.29 is 27.5 Å². The second-order valence-corrected chi connectivity index (χ2v) is 8.05. The molecule has 3 aromatic carbocycles. The summed E-state index contributed by atoms with van der Waals surface area (Å²) in [4.78, 5) is 25.3. The Morgan fingerprint density at radius 1 is 1.08 bits per heavy atom. The van der Waals surface area contributed by atoms with Crippen molar-refractivity contribution in [3.8, 4) is 11.8 Å². The lowest BCUT2D eigenvalue weighted by atomic mass is 9.97. The van der Waals surface area contributed by atoms with E-state index in [2.05, 4.69) is 15.5 Å². The van der Waals surface area contributed by atoms with Crippen LogP contribution in [0.15, 0.2) is 72.8 Å². The van der Waals surface area contributed by atoms with Gasteiger partial charge in [-0.3, -0.25) is 4.79 Å². The molecule has 3 aromatic rings. The number of carbonyl (C=O) groups is 2. The first-order valence-electron chi connectivity index (χ1n) is 10.5. The Labute approximate surface area is 210 Å². The van der Waals surface area contributed by atoms with Gasteiger partial charge in [0.05, 0.1) is 17.7 Å². The smallest absolute Gasteiger partial charge is 0.406 e. The van der Waals surface area contributed by atoms with Crippen molar-refractivity contribution in [1.82, 2.24) is 10.4 Å². The third kappa shape index (κ3) is 7.65. The standard InChI is InChI=1S/C25H20ClF3N4O3/c1-16(34)33(32-24(35)31-21-9-11-22(12-10-21)36-25(27,28)29)23(19-3-2-4-20(26)14-19)13-17-5-7-18(15-30)8-6-17/h2-12,14,23H,13H2,1H3,(H2,31,32,35). The molecule has 3 amide bonds. The van der Waals surface area contributed by atoms with Gasteiger partial charge in [0.15, 0.2) is 0 Å². The zero-order valence-electron chi connectivity index (χ0n) is 18.8. The summed E-state index contributed by atoms with van der Waals surface area (Å²) in [6.07, 6.45) is -4.55. The van der Waals surface area contributed by atoms with E-state index in [1.807, 2.05) is 6.07 Å². The van der Waals surface area contributed by atoms with Crippen molar-refractivity contribution in [2.75, 3.05) is 5.32 Å². The van der Waals surface area contributed by atoms with E-state index < -0.39 is 30.1 Å². The number of hydrazine groups is 1. The van der Waals surface area contributed by atoms with Crippen LogP contribution in [0, 0.1) is 11.3 Å². The van der Waals surface area contributed by atoms with Crippen molar-refractivity contribution in [2.45, 2.75) is 25.7 Å². The molecule has 7 nitrogen and oxygen atoms in total. The number of nitriles is 1. The Bertz CT molecular complexity index is 1260. The van der Waals surface area contributed by atoms with Gasteiger partial charge in [-0.05, 0) is 66.1 Å². The minimum Gasteiger partial charge on any atom is -0.406 e. The molecule has 0 aliphatic carbocycles. The molecule has 0 aromatic heterocycles. The number of rotatable bonds is 6. The van der Waals surface area contributed by atoms with Crippen molar-refractivity contribution in [3.05, 3.63) is 94.5 Å². The number of hydrogen-bond donors (Lipinski definition) is 2. The minimum atomic E-state index is -4.83. The summed E-state index contributed by atoms with van der Waals surface area (Å²) >= 11 is 6.16. The Morgan fingerprint density at radius 2 is 1.75 bits per heavy atom. The van der Waals surface area contributed by atoms with Crippen LogP contribution in [0.1, 0.15) is 29.7 Å². The van der Waals surface area contributed by atoms with Gasteiger partial charge in [0.25, 0.3) is 0 Å². The van der Waals surface area contributed by atoms with Crippen molar-refractivity contribution >= 4 is 29.2 Å². The van der Waals surface area contributed by atoms with Gasteiger partial charge in [-0.25, -0.2) is 15.2 Å². The van der Waals surface area contributed by atoms with Crippen LogP contribution in [-0.4, -0.2) is 23.3 Å². The van der Waals surface area contributed by atoms with Crippen molar-refractivity contribution in [1.29, 1.82) is 5.26 Å². The van der Waals surface area contributed by atoms with Crippen molar-refractivity contribution in [3.63, 3.8) is 0 Å². The van der Waals surface area contributed by atoms with E-state index in [4.69, 9.17) is 16.9 Å². The van der Waals surface area contributed by atoms with Crippen LogP contribution < -0.4 is 15.5 Å². The lowest BCUT2D eigenvalue weighted by molar-refractivity contribution is -0.274. The molecule has 0 radical (unpaired) electrons. The van der Waals surface area contributed by atoms with Crippen LogP contribution in [0.5, 0.6) is 5.75 Å². The molecular formula is C25H20ClF3N4O3. The third-order valence-electron chi connectivity index (χ3n) is 4.96. The zero-order chi connectivity index (χ0) is 26.3. The van der Waals surface area contributed by atoms with Crippen LogP contribution >= 0.6 is 11.6 Å². The maximum Gasteiger partial charge on any atom is 0.573 e. The monoisotopic (exact) mass is 516 g/mol. The highest BCUT2D eigenvalue weighted by Gasteiger charge is 2.31. The second kappa shape index (κ2) is 11.5. The first-order chi connectivity index (χ1) is 17.0. The molecule has 0 fully saturated rings. The summed E-state index contributed by atoms with van der Waals surface area (Å²) in [6, 6.07) is 18.7. The van der Waals surface area contributed by atoms with Crippen LogP contribution in [0.25, 0.3) is 0 Å². The quantitative estimate of drug-likeness (QED) is 0.394. The molecule has 36 heavy (non-hydrogen) atoms. The van der Waals surface area contributed by atoms with Gasteiger partial charge in [-0.15, -0.1) is 13.2 Å². The van der Waals surface area contributed by atoms with E-state index in [0.29, 0.717) is 16.1 Å². The molecule has 0 spiro atoms. The molecule has 2 N–H and O–H groups in total. The molecule has 0 aliphatic heterocycles. The van der Waals surface area contributed by atoms with Crippen LogP contribution in [0.2, 0.25) is 5.02 Å². The average Bonchev–Trinajstić information content (AvgIpc) is 2.82. The lowest BCUT2D eigenvalue weighted by Gasteiger charge is -2.31. The first kappa shape index (κ1) is 26.4. The lowest BCUT2D eigenvalue weighted by Crippen LogP contribution is -2.49. The number of hydrogen-bond acceptors (Lipinski definition) is 4.